The van der Waals surface area contributed by atoms with Crippen LogP contribution in [-0.4, -0.2) is 35.6 Å². The van der Waals surface area contributed by atoms with Crippen LogP contribution in [0.15, 0.2) is 49.1 Å². The van der Waals surface area contributed by atoms with Crippen molar-refractivity contribution in [2.75, 3.05) is 0 Å². The molecule has 2 aromatic heterocycles. The molecule has 0 aliphatic rings. The maximum Gasteiger partial charge on any atom is 0.335 e. The van der Waals surface area contributed by atoms with Crippen molar-refractivity contribution in [3.63, 3.8) is 0 Å². The molecule has 110 valence electrons. The lowest BCUT2D eigenvalue weighted by Crippen LogP contribution is -1.98. The van der Waals surface area contributed by atoms with Gasteiger partial charge < -0.3 is 5.11 Å². The number of carboxylic acids is 1. The first kappa shape index (κ1) is 13.5. The highest BCUT2D eigenvalue weighted by Crippen LogP contribution is 2.15. The van der Waals surface area contributed by atoms with Crippen LogP contribution in [0.5, 0.6) is 0 Å². The van der Waals surface area contributed by atoms with E-state index in [4.69, 9.17) is 5.11 Å². The molecule has 1 N–H and O–H groups in total. The number of aromatic carboxylic acids is 1. The molecule has 0 spiro atoms. The molecular formula is C13H9N5O4. The van der Waals surface area contributed by atoms with Crippen LogP contribution in [0.4, 0.5) is 5.69 Å². The minimum atomic E-state index is -1.00. The van der Waals surface area contributed by atoms with Crippen LogP contribution in [0.25, 0.3) is 11.4 Å². The number of aromatic nitrogens is 4. The standard InChI is InChI=1S/C13H9N5O4/c19-13(20)9-1-3-10(4-2-9)16-7-11(5-14-16)17-8-12(6-15-17)18(21)22/h1-8H,(H,19,20). The Labute approximate surface area is 123 Å². The van der Waals surface area contributed by atoms with Gasteiger partial charge >= 0.3 is 11.7 Å². The average molecular weight is 299 g/mol. The zero-order valence-corrected chi connectivity index (χ0v) is 11.0. The van der Waals surface area contributed by atoms with E-state index in [1.807, 2.05) is 0 Å². The first-order chi connectivity index (χ1) is 10.5. The predicted octanol–water partition coefficient (Wildman–Crippen LogP) is 1.66. The molecule has 0 saturated heterocycles. The number of carboxylic acid groups (broad SMARTS) is 1. The second-order valence-electron chi connectivity index (χ2n) is 4.40. The van der Waals surface area contributed by atoms with E-state index in [1.165, 1.54) is 33.9 Å². The average Bonchev–Trinajstić information content (AvgIpc) is 3.16. The SMILES string of the molecule is O=C(O)c1ccc(-n2cc(-n3cc([N+](=O)[O-])cn3)cn2)cc1. The highest BCUT2D eigenvalue weighted by atomic mass is 16.6. The van der Waals surface area contributed by atoms with Gasteiger partial charge in [0.2, 0.25) is 0 Å². The van der Waals surface area contributed by atoms with Crippen LogP contribution < -0.4 is 0 Å². The third kappa shape index (κ3) is 2.42. The molecule has 22 heavy (non-hydrogen) atoms. The van der Waals surface area contributed by atoms with Crippen molar-refractivity contribution < 1.29 is 14.8 Å². The normalized spacial score (nSPS) is 10.5. The van der Waals surface area contributed by atoms with E-state index in [1.54, 1.807) is 18.3 Å². The Morgan fingerprint density at radius 1 is 1.05 bits per heavy atom. The fourth-order valence-corrected chi connectivity index (χ4v) is 1.88. The fourth-order valence-electron chi connectivity index (χ4n) is 1.88. The number of carbonyl (C=O) groups is 1. The van der Waals surface area contributed by atoms with Crippen LogP contribution in [0.2, 0.25) is 0 Å². The van der Waals surface area contributed by atoms with Gasteiger partial charge in [0, 0.05) is 0 Å². The first-order valence-corrected chi connectivity index (χ1v) is 6.12. The molecule has 0 radical (unpaired) electrons. The van der Waals surface area contributed by atoms with Gasteiger partial charge in [-0.3, -0.25) is 10.1 Å². The van der Waals surface area contributed by atoms with E-state index < -0.39 is 10.9 Å². The van der Waals surface area contributed by atoms with Crippen LogP contribution in [0.1, 0.15) is 10.4 Å². The summed E-state index contributed by atoms with van der Waals surface area (Å²) in [7, 11) is 0. The number of benzene rings is 1. The number of hydrogen-bond donors (Lipinski definition) is 1. The van der Waals surface area contributed by atoms with Gasteiger partial charge in [0.25, 0.3) is 0 Å². The third-order valence-corrected chi connectivity index (χ3v) is 2.99. The largest absolute Gasteiger partial charge is 0.478 e. The monoisotopic (exact) mass is 299 g/mol. The Hall–Kier alpha value is -3.49. The van der Waals surface area contributed by atoms with E-state index in [0.29, 0.717) is 11.4 Å². The number of nitrogens with zero attached hydrogens (tertiary/aromatic N) is 5. The lowest BCUT2D eigenvalue weighted by Gasteiger charge is -2.01. The van der Waals surface area contributed by atoms with Gasteiger partial charge in [-0.15, -0.1) is 0 Å². The molecule has 0 aliphatic carbocycles. The number of hydrogen-bond acceptors (Lipinski definition) is 5. The Balaban J connectivity index is 1.89. The summed E-state index contributed by atoms with van der Waals surface area (Å²) >= 11 is 0. The smallest absolute Gasteiger partial charge is 0.335 e. The first-order valence-electron chi connectivity index (χ1n) is 6.12. The predicted molar refractivity (Wildman–Crippen MR) is 74.3 cm³/mol. The van der Waals surface area contributed by atoms with Crippen molar-refractivity contribution >= 4 is 11.7 Å². The molecule has 0 saturated carbocycles. The second kappa shape index (κ2) is 5.13. The summed E-state index contributed by atoms with van der Waals surface area (Å²) in [6, 6.07) is 6.17. The van der Waals surface area contributed by atoms with Crippen molar-refractivity contribution in [2.45, 2.75) is 0 Å². The maximum atomic E-state index is 10.8. The molecule has 0 bridgehead atoms. The van der Waals surface area contributed by atoms with Crippen molar-refractivity contribution in [1.82, 2.24) is 19.6 Å². The Kier molecular flexibility index (Phi) is 3.14. The summed E-state index contributed by atoms with van der Waals surface area (Å²) < 4.78 is 2.86. The fraction of sp³-hybridized carbons (Fsp3) is 0. The second-order valence-corrected chi connectivity index (χ2v) is 4.40. The molecule has 1 aromatic carbocycles. The van der Waals surface area contributed by atoms with Gasteiger partial charge in [-0.1, -0.05) is 0 Å². The molecule has 9 heteroatoms. The summed E-state index contributed by atoms with van der Waals surface area (Å²) in [5.74, 6) is -1.00. The van der Waals surface area contributed by atoms with Gasteiger partial charge in [0.05, 0.1) is 28.6 Å². The summed E-state index contributed by atoms with van der Waals surface area (Å²) in [6.07, 6.45) is 5.57. The van der Waals surface area contributed by atoms with Gasteiger partial charge in [0.1, 0.15) is 18.1 Å². The molecule has 0 amide bonds. The Morgan fingerprint density at radius 3 is 2.27 bits per heavy atom. The molecular weight excluding hydrogens is 290 g/mol. The molecule has 0 fully saturated rings. The molecule has 3 rings (SSSR count). The highest BCUT2D eigenvalue weighted by molar-refractivity contribution is 5.87. The lowest BCUT2D eigenvalue weighted by atomic mass is 10.2. The van der Waals surface area contributed by atoms with Gasteiger partial charge in [-0.25, -0.2) is 14.2 Å². The van der Waals surface area contributed by atoms with E-state index in [-0.39, 0.29) is 11.3 Å². The van der Waals surface area contributed by atoms with Crippen LogP contribution in [0, 0.1) is 10.1 Å². The highest BCUT2D eigenvalue weighted by Gasteiger charge is 2.11. The minimum absolute atomic E-state index is 0.112. The summed E-state index contributed by atoms with van der Waals surface area (Å²) in [6.45, 7) is 0. The number of nitro groups is 1. The maximum absolute atomic E-state index is 10.8. The summed E-state index contributed by atoms with van der Waals surface area (Å²) in [5, 5.41) is 27.5. The van der Waals surface area contributed by atoms with E-state index in [0.717, 1.165) is 6.20 Å². The quantitative estimate of drug-likeness (QED) is 0.578. The van der Waals surface area contributed by atoms with Crippen molar-refractivity contribution in [2.24, 2.45) is 0 Å². The van der Waals surface area contributed by atoms with E-state index in [9.17, 15) is 14.9 Å². The molecule has 3 aromatic rings. The molecule has 2 heterocycles. The van der Waals surface area contributed by atoms with Gasteiger partial charge in [-0.2, -0.15) is 10.2 Å². The van der Waals surface area contributed by atoms with E-state index >= 15 is 0 Å². The lowest BCUT2D eigenvalue weighted by molar-refractivity contribution is -0.384. The zero-order chi connectivity index (χ0) is 15.7. The van der Waals surface area contributed by atoms with Crippen molar-refractivity contribution in [1.29, 1.82) is 0 Å². The Morgan fingerprint density at radius 2 is 1.68 bits per heavy atom. The summed E-state index contributed by atoms with van der Waals surface area (Å²) in [5.41, 5.74) is 1.28. The van der Waals surface area contributed by atoms with Crippen molar-refractivity contribution in [3.05, 3.63) is 64.7 Å². The van der Waals surface area contributed by atoms with Crippen LogP contribution in [-0.2, 0) is 0 Å². The van der Waals surface area contributed by atoms with Gasteiger partial charge in [-0.05, 0) is 24.3 Å². The molecule has 0 aliphatic heterocycles. The van der Waals surface area contributed by atoms with Crippen molar-refractivity contribution in [3.8, 4) is 11.4 Å². The summed E-state index contributed by atoms with van der Waals surface area (Å²) in [4.78, 5) is 20.9. The van der Waals surface area contributed by atoms with Gasteiger partial charge in [0.15, 0.2) is 0 Å². The van der Waals surface area contributed by atoms with Crippen LogP contribution >= 0.6 is 0 Å². The molecule has 9 nitrogen and oxygen atoms in total. The molecule has 0 unspecified atom stereocenters. The number of rotatable bonds is 4. The Bertz CT molecular complexity index is 849. The third-order valence-electron chi connectivity index (χ3n) is 2.99. The van der Waals surface area contributed by atoms with Crippen LogP contribution in [0.3, 0.4) is 0 Å². The topological polar surface area (TPSA) is 116 Å². The minimum Gasteiger partial charge on any atom is -0.478 e. The zero-order valence-electron chi connectivity index (χ0n) is 11.0. The molecule has 0 atom stereocenters. The van der Waals surface area contributed by atoms with E-state index in [2.05, 4.69) is 10.2 Å².